The fraction of sp³-hybridized carbons (Fsp3) is 0.533. The predicted octanol–water partition coefficient (Wildman–Crippen LogP) is 2.82. The highest BCUT2D eigenvalue weighted by atomic mass is 19.4. The molecule has 1 aromatic carbocycles. The van der Waals surface area contributed by atoms with E-state index in [0.29, 0.717) is 12.8 Å². The van der Waals surface area contributed by atoms with Crippen molar-refractivity contribution < 1.29 is 22.4 Å². The van der Waals surface area contributed by atoms with Gasteiger partial charge in [-0.1, -0.05) is 12.1 Å². The Kier molecular flexibility index (Phi) is 4.75. The van der Waals surface area contributed by atoms with Crippen LogP contribution < -0.4 is 5.32 Å². The fourth-order valence-electron chi connectivity index (χ4n) is 2.94. The number of benzene rings is 1. The van der Waals surface area contributed by atoms with E-state index in [2.05, 4.69) is 5.32 Å². The molecule has 0 spiro atoms. The Labute approximate surface area is 126 Å². The zero-order valence-electron chi connectivity index (χ0n) is 12.2. The van der Waals surface area contributed by atoms with Gasteiger partial charge >= 0.3 is 6.18 Å². The number of hydrogen-bond acceptors (Lipinski definition) is 2. The van der Waals surface area contributed by atoms with Crippen molar-refractivity contribution in [1.29, 1.82) is 0 Å². The monoisotopic (exact) mass is 318 g/mol. The average Bonchev–Trinajstić information content (AvgIpc) is 2.40. The molecule has 22 heavy (non-hydrogen) atoms. The van der Waals surface area contributed by atoms with Crippen LogP contribution in [-0.2, 0) is 10.3 Å². The molecule has 0 aromatic heterocycles. The Bertz CT molecular complexity index is 519. The van der Waals surface area contributed by atoms with E-state index in [0.717, 1.165) is 5.56 Å². The molecule has 1 amide bonds. The number of piperidine rings is 1. The highest BCUT2D eigenvalue weighted by Gasteiger charge is 2.40. The van der Waals surface area contributed by atoms with Gasteiger partial charge in [0.05, 0.1) is 12.1 Å². The zero-order valence-corrected chi connectivity index (χ0v) is 12.2. The number of nitrogens with one attached hydrogen (secondary N) is 1. The topological polar surface area (TPSA) is 32.3 Å². The highest BCUT2D eigenvalue weighted by Crippen LogP contribution is 2.34. The summed E-state index contributed by atoms with van der Waals surface area (Å²) in [6.07, 6.45) is -3.52. The third-order valence-electron chi connectivity index (χ3n) is 3.92. The van der Waals surface area contributed by atoms with Crippen LogP contribution in [-0.4, -0.2) is 36.6 Å². The van der Waals surface area contributed by atoms with Crippen LogP contribution in [0.5, 0.6) is 0 Å². The van der Waals surface area contributed by atoms with Gasteiger partial charge in [0.2, 0.25) is 5.91 Å². The van der Waals surface area contributed by atoms with Gasteiger partial charge in [0.15, 0.2) is 0 Å². The fourth-order valence-corrected chi connectivity index (χ4v) is 2.94. The summed E-state index contributed by atoms with van der Waals surface area (Å²) in [6.45, 7) is 0.855. The maximum atomic E-state index is 13.1. The van der Waals surface area contributed by atoms with E-state index in [1.807, 2.05) is 0 Å². The zero-order chi connectivity index (χ0) is 16.4. The molecule has 7 heteroatoms. The van der Waals surface area contributed by atoms with Crippen molar-refractivity contribution in [1.82, 2.24) is 10.2 Å². The molecule has 1 fully saturated rings. The summed E-state index contributed by atoms with van der Waals surface area (Å²) in [7, 11) is 0. The van der Waals surface area contributed by atoms with Crippen molar-refractivity contribution in [3.8, 4) is 0 Å². The van der Waals surface area contributed by atoms with Crippen molar-refractivity contribution in [2.45, 2.75) is 31.5 Å². The quantitative estimate of drug-likeness (QED) is 0.869. The van der Waals surface area contributed by atoms with Crippen LogP contribution in [0.1, 0.15) is 25.3 Å². The molecule has 1 aliphatic heterocycles. The third kappa shape index (κ3) is 4.19. The van der Waals surface area contributed by atoms with Crippen LogP contribution in [0.4, 0.5) is 17.6 Å². The highest BCUT2D eigenvalue weighted by molar-refractivity contribution is 5.74. The van der Waals surface area contributed by atoms with Gasteiger partial charge in [-0.15, -0.1) is 0 Å². The summed E-state index contributed by atoms with van der Waals surface area (Å²) in [5.41, 5.74) is -0.0162. The van der Waals surface area contributed by atoms with Gasteiger partial charge in [0, 0.05) is 20.0 Å². The van der Waals surface area contributed by atoms with Crippen molar-refractivity contribution in [2.24, 2.45) is 0 Å². The summed E-state index contributed by atoms with van der Waals surface area (Å²) in [4.78, 5) is 12.8. The van der Waals surface area contributed by atoms with E-state index in [1.54, 1.807) is 12.1 Å². The number of hydrogen-bond donors (Lipinski definition) is 1. The minimum atomic E-state index is -4.23. The summed E-state index contributed by atoms with van der Waals surface area (Å²) >= 11 is 0. The molecule has 0 bridgehead atoms. The molecule has 1 heterocycles. The molecule has 1 aliphatic rings. The number of likely N-dealkylation sites (tertiary alicyclic amines) is 1. The lowest BCUT2D eigenvalue weighted by Crippen LogP contribution is -2.53. The number of carbonyl (C=O) groups is 1. The van der Waals surface area contributed by atoms with E-state index >= 15 is 0 Å². The maximum Gasteiger partial charge on any atom is 0.401 e. The average molecular weight is 318 g/mol. The molecular formula is C15H18F4N2O. The van der Waals surface area contributed by atoms with E-state index < -0.39 is 24.1 Å². The lowest BCUT2D eigenvalue weighted by Gasteiger charge is -2.42. The van der Waals surface area contributed by atoms with Gasteiger partial charge in [-0.05, 0) is 30.5 Å². The molecule has 1 saturated heterocycles. The van der Waals surface area contributed by atoms with Gasteiger partial charge in [-0.25, -0.2) is 4.39 Å². The molecule has 2 rings (SSSR count). The minimum Gasteiger partial charge on any atom is -0.347 e. The first-order chi connectivity index (χ1) is 10.2. The van der Waals surface area contributed by atoms with Crippen molar-refractivity contribution in [2.75, 3.05) is 19.6 Å². The van der Waals surface area contributed by atoms with Gasteiger partial charge < -0.3 is 5.32 Å². The summed E-state index contributed by atoms with van der Waals surface area (Å²) in [5, 5.41) is 2.85. The molecule has 0 aliphatic carbocycles. The second kappa shape index (κ2) is 6.24. The first-order valence-electron chi connectivity index (χ1n) is 7.04. The van der Waals surface area contributed by atoms with E-state index in [1.165, 1.54) is 24.0 Å². The molecule has 122 valence electrons. The number of nitrogens with zero attached hydrogens (tertiary/aromatic N) is 1. The lowest BCUT2D eigenvalue weighted by molar-refractivity contribution is -0.150. The Morgan fingerprint density at radius 2 is 1.77 bits per heavy atom. The first kappa shape index (κ1) is 16.7. The van der Waals surface area contributed by atoms with E-state index in [-0.39, 0.29) is 19.0 Å². The standard InChI is InChI=1S/C15H18F4N2O/c1-11(22)20-14(12-2-4-13(16)5-3-12)6-8-21(9-7-14)10-15(17,18)19/h2-5H,6-10H2,1H3,(H,20,22). The lowest BCUT2D eigenvalue weighted by atomic mass is 9.80. The molecule has 0 unspecified atom stereocenters. The van der Waals surface area contributed by atoms with Crippen molar-refractivity contribution in [3.05, 3.63) is 35.6 Å². The largest absolute Gasteiger partial charge is 0.401 e. The Morgan fingerprint density at radius 3 is 2.23 bits per heavy atom. The smallest absolute Gasteiger partial charge is 0.347 e. The second-order valence-corrected chi connectivity index (χ2v) is 5.66. The summed E-state index contributed by atoms with van der Waals surface area (Å²) in [5.74, 6) is -0.648. The van der Waals surface area contributed by atoms with Crippen molar-refractivity contribution >= 4 is 5.91 Å². The van der Waals surface area contributed by atoms with Gasteiger partial charge in [0.25, 0.3) is 0 Å². The van der Waals surface area contributed by atoms with Crippen LogP contribution in [0.2, 0.25) is 0 Å². The van der Waals surface area contributed by atoms with Gasteiger partial charge in [0.1, 0.15) is 5.82 Å². The van der Waals surface area contributed by atoms with Crippen molar-refractivity contribution in [3.63, 3.8) is 0 Å². The first-order valence-corrected chi connectivity index (χ1v) is 7.04. The molecule has 0 saturated carbocycles. The number of amides is 1. The third-order valence-corrected chi connectivity index (χ3v) is 3.92. The number of rotatable bonds is 3. The minimum absolute atomic E-state index is 0.219. The molecule has 1 aromatic rings. The van der Waals surface area contributed by atoms with Crippen LogP contribution in [0, 0.1) is 5.82 Å². The molecular weight excluding hydrogens is 300 g/mol. The van der Waals surface area contributed by atoms with Crippen LogP contribution in [0.3, 0.4) is 0 Å². The van der Waals surface area contributed by atoms with Crippen LogP contribution >= 0.6 is 0 Å². The molecule has 0 radical (unpaired) electrons. The Balaban J connectivity index is 2.16. The van der Waals surface area contributed by atoms with Crippen LogP contribution in [0.25, 0.3) is 0 Å². The Morgan fingerprint density at radius 1 is 1.23 bits per heavy atom. The van der Waals surface area contributed by atoms with Crippen LogP contribution in [0.15, 0.2) is 24.3 Å². The second-order valence-electron chi connectivity index (χ2n) is 5.66. The maximum absolute atomic E-state index is 13.1. The normalized spacial score (nSPS) is 19.0. The molecule has 1 N–H and O–H groups in total. The van der Waals surface area contributed by atoms with E-state index in [9.17, 15) is 22.4 Å². The molecule has 0 atom stereocenters. The number of alkyl halides is 3. The van der Waals surface area contributed by atoms with E-state index in [4.69, 9.17) is 0 Å². The number of halogens is 4. The van der Waals surface area contributed by atoms with Gasteiger partial charge in [-0.3, -0.25) is 9.69 Å². The summed E-state index contributed by atoms with van der Waals surface area (Å²) in [6, 6.07) is 5.73. The predicted molar refractivity (Wildman–Crippen MR) is 73.6 cm³/mol. The Hall–Kier alpha value is -1.63. The van der Waals surface area contributed by atoms with Gasteiger partial charge in [-0.2, -0.15) is 13.2 Å². The number of carbonyl (C=O) groups excluding carboxylic acids is 1. The SMILES string of the molecule is CC(=O)NC1(c2ccc(F)cc2)CCN(CC(F)(F)F)CC1. The summed E-state index contributed by atoms with van der Waals surface area (Å²) < 4.78 is 50.4. The molecule has 3 nitrogen and oxygen atoms in total.